The number of ether oxygens (including phenoxy) is 2. The van der Waals surface area contributed by atoms with Crippen molar-refractivity contribution < 1.29 is 23.8 Å². The summed E-state index contributed by atoms with van der Waals surface area (Å²) in [6.07, 6.45) is 0. The molecule has 2 rings (SSSR count). The molecule has 0 radical (unpaired) electrons. The molecule has 5 heteroatoms. The van der Waals surface area contributed by atoms with Crippen LogP contribution in [-0.4, -0.2) is 17.7 Å². The summed E-state index contributed by atoms with van der Waals surface area (Å²) < 4.78 is 23.8. The molecule has 2 aromatic carbocycles. The van der Waals surface area contributed by atoms with Gasteiger partial charge >= 0.3 is 5.97 Å². The highest BCUT2D eigenvalue weighted by Gasteiger charge is 2.16. The van der Waals surface area contributed by atoms with E-state index in [4.69, 9.17) is 9.47 Å². The molecule has 0 amide bonds. The van der Waals surface area contributed by atoms with Gasteiger partial charge in [-0.05, 0) is 36.8 Å². The Morgan fingerprint density at radius 3 is 2.48 bits per heavy atom. The molecule has 2 aromatic rings. The molecule has 0 aliphatic rings. The largest absolute Gasteiger partial charge is 0.490 e. The molecule has 110 valence electrons. The first-order valence-electron chi connectivity index (χ1n) is 6.48. The summed E-state index contributed by atoms with van der Waals surface area (Å²) in [4.78, 5) is 11.2. The Hall–Kier alpha value is -2.56. The van der Waals surface area contributed by atoms with E-state index in [-0.39, 0.29) is 23.7 Å². The van der Waals surface area contributed by atoms with Gasteiger partial charge in [-0.3, -0.25) is 0 Å². The van der Waals surface area contributed by atoms with Crippen LogP contribution in [0.4, 0.5) is 4.39 Å². The van der Waals surface area contributed by atoms with Crippen molar-refractivity contribution in [2.24, 2.45) is 0 Å². The zero-order valence-corrected chi connectivity index (χ0v) is 11.5. The van der Waals surface area contributed by atoms with Crippen LogP contribution in [0.15, 0.2) is 42.5 Å². The fraction of sp³-hybridized carbons (Fsp3) is 0.188. The van der Waals surface area contributed by atoms with Crippen LogP contribution < -0.4 is 9.47 Å². The monoisotopic (exact) mass is 290 g/mol. The molecular formula is C16H15FO4. The van der Waals surface area contributed by atoms with Gasteiger partial charge in [0.1, 0.15) is 18.0 Å². The van der Waals surface area contributed by atoms with Gasteiger partial charge < -0.3 is 14.6 Å². The summed E-state index contributed by atoms with van der Waals surface area (Å²) in [5.74, 6) is -0.874. The molecule has 0 bridgehead atoms. The number of para-hydroxylation sites is 1. The molecule has 4 nitrogen and oxygen atoms in total. The van der Waals surface area contributed by atoms with E-state index in [2.05, 4.69) is 0 Å². The predicted molar refractivity (Wildman–Crippen MR) is 75.3 cm³/mol. The lowest BCUT2D eigenvalue weighted by molar-refractivity contribution is 0.0690. The van der Waals surface area contributed by atoms with Crippen molar-refractivity contribution in [3.63, 3.8) is 0 Å². The van der Waals surface area contributed by atoms with Crippen LogP contribution in [0.3, 0.4) is 0 Å². The maximum absolute atomic E-state index is 12.8. The van der Waals surface area contributed by atoms with E-state index in [1.807, 2.05) is 0 Å². The summed E-state index contributed by atoms with van der Waals surface area (Å²) in [6.45, 7) is 2.33. The van der Waals surface area contributed by atoms with Crippen molar-refractivity contribution in [1.29, 1.82) is 0 Å². The number of hydrogen-bond acceptors (Lipinski definition) is 3. The Morgan fingerprint density at radius 2 is 1.86 bits per heavy atom. The van der Waals surface area contributed by atoms with Gasteiger partial charge in [0.05, 0.1) is 6.61 Å². The van der Waals surface area contributed by atoms with E-state index in [0.717, 1.165) is 5.56 Å². The number of rotatable bonds is 6. The fourth-order valence-electron chi connectivity index (χ4n) is 1.84. The zero-order chi connectivity index (χ0) is 15.2. The van der Waals surface area contributed by atoms with E-state index >= 15 is 0 Å². The van der Waals surface area contributed by atoms with Gasteiger partial charge in [0.2, 0.25) is 0 Å². The van der Waals surface area contributed by atoms with Crippen LogP contribution in [0.25, 0.3) is 0 Å². The average molecular weight is 290 g/mol. The van der Waals surface area contributed by atoms with E-state index < -0.39 is 5.97 Å². The number of hydrogen-bond donors (Lipinski definition) is 1. The van der Waals surface area contributed by atoms with Crippen LogP contribution in [0.1, 0.15) is 22.8 Å². The second-order valence-corrected chi connectivity index (χ2v) is 4.29. The minimum absolute atomic E-state index is 0.0306. The molecule has 0 aliphatic heterocycles. The summed E-state index contributed by atoms with van der Waals surface area (Å²) >= 11 is 0. The van der Waals surface area contributed by atoms with E-state index in [9.17, 15) is 14.3 Å². The molecule has 0 aromatic heterocycles. The number of benzene rings is 2. The smallest absolute Gasteiger partial charge is 0.339 e. The highest BCUT2D eigenvalue weighted by atomic mass is 19.1. The van der Waals surface area contributed by atoms with E-state index in [1.165, 1.54) is 18.2 Å². The van der Waals surface area contributed by atoms with Gasteiger partial charge in [-0.2, -0.15) is 0 Å². The van der Waals surface area contributed by atoms with E-state index in [0.29, 0.717) is 12.4 Å². The third kappa shape index (κ3) is 3.72. The highest BCUT2D eigenvalue weighted by molar-refractivity contribution is 5.92. The van der Waals surface area contributed by atoms with Gasteiger partial charge in [-0.15, -0.1) is 0 Å². The highest BCUT2D eigenvalue weighted by Crippen LogP contribution is 2.32. The molecule has 0 fully saturated rings. The minimum atomic E-state index is -1.09. The molecule has 0 saturated carbocycles. The van der Waals surface area contributed by atoms with Gasteiger partial charge in [0.25, 0.3) is 0 Å². The molecular weight excluding hydrogens is 275 g/mol. The summed E-state index contributed by atoms with van der Waals surface area (Å²) in [5.41, 5.74) is 0.766. The van der Waals surface area contributed by atoms with Crippen LogP contribution in [0.2, 0.25) is 0 Å². The lowest BCUT2D eigenvalue weighted by atomic mass is 10.2. The summed E-state index contributed by atoms with van der Waals surface area (Å²) in [6, 6.07) is 10.5. The normalized spacial score (nSPS) is 10.2. The SMILES string of the molecule is CCOc1cccc(C(=O)O)c1OCc1ccc(F)cc1. The first-order chi connectivity index (χ1) is 10.1. The van der Waals surface area contributed by atoms with Crippen molar-refractivity contribution in [3.8, 4) is 11.5 Å². The van der Waals surface area contributed by atoms with Crippen molar-refractivity contribution >= 4 is 5.97 Å². The Balaban J connectivity index is 2.24. The number of aromatic carboxylic acids is 1. The Morgan fingerprint density at radius 1 is 1.14 bits per heavy atom. The maximum Gasteiger partial charge on any atom is 0.339 e. The number of carbonyl (C=O) groups is 1. The van der Waals surface area contributed by atoms with Crippen molar-refractivity contribution in [1.82, 2.24) is 0 Å². The predicted octanol–water partition coefficient (Wildman–Crippen LogP) is 3.50. The maximum atomic E-state index is 12.8. The topological polar surface area (TPSA) is 55.8 Å². The van der Waals surface area contributed by atoms with E-state index in [1.54, 1.807) is 31.2 Å². The number of carboxylic acids is 1. The van der Waals surface area contributed by atoms with Crippen molar-refractivity contribution in [3.05, 3.63) is 59.4 Å². The average Bonchev–Trinajstić information content (AvgIpc) is 2.47. The molecule has 0 atom stereocenters. The third-order valence-corrected chi connectivity index (χ3v) is 2.81. The number of halogens is 1. The van der Waals surface area contributed by atoms with Crippen LogP contribution in [-0.2, 0) is 6.61 Å². The lowest BCUT2D eigenvalue weighted by Gasteiger charge is -2.14. The molecule has 0 saturated heterocycles. The van der Waals surface area contributed by atoms with Gasteiger partial charge in [0, 0.05) is 0 Å². The molecule has 0 heterocycles. The first kappa shape index (κ1) is 14.8. The molecule has 21 heavy (non-hydrogen) atoms. The van der Waals surface area contributed by atoms with Gasteiger partial charge in [-0.1, -0.05) is 18.2 Å². The van der Waals surface area contributed by atoms with Crippen molar-refractivity contribution in [2.75, 3.05) is 6.61 Å². The Labute approximate surface area is 121 Å². The number of carboxylic acid groups (broad SMARTS) is 1. The zero-order valence-electron chi connectivity index (χ0n) is 11.5. The standard InChI is InChI=1S/C16H15FO4/c1-2-20-14-5-3-4-13(16(18)19)15(14)21-10-11-6-8-12(17)9-7-11/h3-9H,2,10H2,1H3,(H,18,19). The Bertz CT molecular complexity index is 623. The van der Waals surface area contributed by atoms with Crippen molar-refractivity contribution in [2.45, 2.75) is 13.5 Å². The van der Waals surface area contributed by atoms with Crippen LogP contribution >= 0.6 is 0 Å². The quantitative estimate of drug-likeness (QED) is 0.884. The summed E-state index contributed by atoms with van der Waals surface area (Å²) in [5, 5.41) is 9.21. The van der Waals surface area contributed by atoms with Crippen LogP contribution in [0.5, 0.6) is 11.5 Å². The molecule has 0 spiro atoms. The molecule has 0 unspecified atom stereocenters. The summed E-state index contributed by atoms with van der Waals surface area (Å²) in [7, 11) is 0. The van der Waals surface area contributed by atoms with Gasteiger partial charge in [0.15, 0.2) is 11.5 Å². The first-order valence-corrected chi connectivity index (χ1v) is 6.48. The van der Waals surface area contributed by atoms with Crippen LogP contribution in [0, 0.1) is 5.82 Å². The Kier molecular flexibility index (Phi) is 4.77. The van der Waals surface area contributed by atoms with Gasteiger partial charge in [-0.25, -0.2) is 9.18 Å². The lowest BCUT2D eigenvalue weighted by Crippen LogP contribution is -2.06. The second-order valence-electron chi connectivity index (χ2n) is 4.29. The fourth-order valence-corrected chi connectivity index (χ4v) is 1.84. The second kappa shape index (κ2) is 6.74. The molecule has 1 N–H and O–H groups in total. The third-order valence-electron chi connectivity index (χ3n) is 2.81. The minimum Gasteiger partial charge on any atom is -0.490 e. The molecule has 0 aliphatic carbocycles.